The van der Waals surface area contributed by atoms with E-state index < -0.39 is 5.97 Å². The third-order valence-corrected chi connectivity index (χ3v) is 3.07. The van der Waals surface area contributed by atoms with E-state index in [-0.39, 0.29) is 11.9 Å². The van der Waals surface area contributed by atoms with Gasteiger partial charge in [-0.15, -0.1) is 0 Å². The molecule has 24 heavy (non-hydrogen) atoms. The molecule has 0 aliphatic heterocycles. The lowest BCUT2D eigenvalue weighted by Gasteiger charge is -2.07. The Hall–Kier alpha value is -2.57. The van der Waals surface area contributed by atoms with E-state index >= 15 is 0 Å². The molecule has 132 valence electrons. The van der Waals surface area contributed by atoms with Gasteiger partial charge in [0.2, 0.25) is 0 Å². The molecular weight excluding hydrogens is 310 g/mol. The van der Waals surface area contributed by atoms with Gasteiger partial charge in [0, 0.05) is 13.0 Å². The fourth-order valence-corrected chi connectivity index (χ4v) is 1.91. The highest BCUT2D eigenvalue weighted by molar-refractivity contribution is 5.90. The van der Waals surface area contributed by atoms with Crippen LogP contribution in [0.1, 0.15) is 49.4 Å². The van der Waals surface area contributed by atoms with Crippen LogP contribution in [0.25, 0.3) is 0 Å². The molecule has 1 aromatic rings. The van der Waals surface area contributed by atoms with Gasteiger partial charge in [-0.25, -0.2) is 4.79 Å². The number of nitrogens with two attached hydrogens (primary N) is 2. The van der Waals surface area contributed by atoms with Crippen molar-refractivity contribution >= 4 is 17.9 Å². The Balaban J connectivity index is 2.36. The molecule has 1 aromatic carbocycles. The number of carbonyl (C=O) groups excluding carboxylic acids is 2. The Morgan fingerprint density at radius 1 is 1.17 bits per heavy atom. The average Bonchev–Trinajstić information content (AvgIpc) is 2.55. The van der Waals surface area contributed by atoms with Gasteiger partial charge >= 0.3 is 11.9 Å². The molecule has 0 atom stereocenters. The van der Waals surface area contributed by atoms with E-state index in [0.717, 1.165) is 19.3 Å². The Morgan fingerprint density at radius 3 is 2.67 bits per heavy atom. The summed E-state index contributed by atoms with van der Waals surface area (Å²) in [5, 5.41) is 0. The average molecular weight is 335 g/mol. The number of carbonyl (C=O) groups is 2. The van der Waals surface area contributed by atoms with Gasteiger partial charge < -0.3 is 20.9 Å². The van der Waals surface area contributed by atoms with E-state index in [9.17, 15) is 9.59 Å². The summed E-state index contributed by atoms with van der Waals surface area (Å²) in [6.45, 7) is 2.84. The van der Waals surface area contributed by atoms with Crippen molar-refractivity contribution in [3.05, 3.63) is 29.8 Å². The summed E-state index contributed by atoms with van der Waals surface area (Å²) in [6, 6.07) is 6.42. The molecule has 0 aliphatic carbocycles. The molecule has 0 bridgehead atoms. The van der Waals surface area contributed by atoms with E-state index in [2.05, 4.69) is 4.99 Å². The molecule has 1 rings (SSSR count). The van der Waals surface area contributed by atoms with Crippen LogP contribution in [-0.4, -0.2) is 31.0 Å². The third-order valence-electron chi connectivity index (χ3n) is 3.07. The SMILES string of the molecule is CCCOC(=O)c1cccc(OC(=O)CCCCCN=C(N)N)c1. The van der Waals surface area contributed by atoms with Crippen LogP contribution in [0.4, 0.5) is 0 Å². The summed E-state index contributed by atoms with van der Waals surface area (Å²) in [5.41, 5.74) is 10.8. The van der Waals surface area contributed by atoms with Crippen molar-refractivity contribution < 1.29 is 19.1 Å². The first-order valence-electron chi connectivity index (χ1n) is 8.06. The fraction of sp³-hybridized carbons (Fsp3) is 0.471. The molecule has 0 saturated heterocycles. The predicted molar refractivity (Wildman–Crippen MR) is 91.8 cm³/mol. The number of unbranched alkanes of at least 4 members (excludes halogenated alkanes) is 2. The molecule has 7 heteroatoms. The molecule has 0 saturated carbocycles. The van der Waals surface area contributed by atoms with Crippen LogP contribution in [0, 0.1) is 0 Å². The molecule has 4 N–H and O–H groups in total. The number of guanidine groups is 1. The summed E-state index contributed by atoms with van der Waals surface area (Å²) >= 11 is 0. The highest BCUT2D eigenvalue weighted by atomic mass is 16.5. The zero-order valence-electron chi connectivity index (χ0n) is 14.0. The van der Waals surface area contributed by atoms with E-state index in [1.54, 1.807) is 18.2 Å². The minimum atomic E-state index is -0.422. The zero-order valence-corrected chi connectivity index (χ0v) is 14.0. The maximum Gasteiger partial charge on any atom is 0.338 e. The third kappa shape index (κ3) is 8.17. The van der Waals surface area contributed by atoms with Crippen LogP contribution in [0.3, 0.4) is 0 Å². The number of esters is 2. The van der Waals surface area contributed by atoms with Crippen LogP contribution < -0.4 is 16.2 Å². The molecule has 0 aromatic heterocycles. The van der Waals surface area contributed by atoms with Crippen molar-refractivity contribution in [3.8, 4) is 5.75 Å². The largest absolute Gasteiger partial charge is 0.462 e. The maximum atomic E-state index is 11.8. The second kappa shape index (κ2) is 11.0. The van der Waals surface area contributed by atoms with Crippen molar-refractivity contribution in [3.63, 3.8) is 0 Å². The Morgan fingerprint density at radius 2 is 1.96 bits per heavy atom. The second-order valence-electron chi connectivity index (χ2n) is 5.26. The normalized spacial score (nSPS) is 10.0. The first-order chi connectivity index (χ1) is 11.5. The van der Waals surface area contributed by atoms with Crippen LogP contribution >= 0.6 is 0 Å². The first kappa shape index (κ1) is 19.5. The number of hydrogen-bond donors (Lipinski definition) is 2. The molecule has 0 spiro atoms. The van der Waals surface area contributed by atoms with Crippen molar-refractivity contribution in [2.45, 2.75) is 39.0 Å². The number of ether oxygens (including phenoxy) is 2. The quantitative estimate of drug-likeness (QED) is 0.222. The summed E-state index contributed by atoms with van der Waals surface area (Å²) < 4.78 is 10.3. The van der Waals surface area contributed by atoms with Gasteiger partial charge in [0.05, 0.1) is 12.2 Å². The lowest BCUT2D eigenvalue weighted by atomic mass is 10.2. The van der Waals surface area contributed by atoms with Crippen molar-refractivity contribution in [1.82, 2.24) is 0 Å². The van der Waals surface area contributed by atoms with E-state index in [1.807, 2.05) is 6.92 Å². The Bertz CT molecular complexity index is 569. The number of rotatable bonds is 10. The number of nitrogens with zero attached hydrogens (tertiary/aromatic N) is 1. The van der Waals surface area contributed by atoms with E-state index in [1.165, 1.54) is 6.07 Å². The van der Waals surface area contributed by atoms with E-state index in [0.29, 0.717) is 37.3 Å². The van der Waals surface area contributed by atoms with Crippen LogP contribution in [-0.2, 0) is 9.53 Å². The molecule has 0 aliphatic rings. The predicted octanol–water partition coefficient (Wildman–Crippen LogP) is 1.99. The van der Waals surface area contributed by atoms with Gasteiger partial charge in [0.1, 0.15) is 5.75 Å². The minimum Gasteiger partial charge on any atom is -0.462 e. The highest BCUT2D eigenvalue weighted by Crippen LogP contribution is 2.15. The van der Waals surface area contributed by atoms with Crippen LogP contribution in [0.2, 0.25) is 0 Å². The molecule has 0 radical (unpaired) electrons. The lowest BCUT2D eigenvalue weighted by Crippen LogP contribution is -2.22. The summed E-state index contributed by atoms with van der Waals surface area (Å²) in [4.78, 5) is 27.4. The minimum absolute atomic E-state index is 0.0757. The Labute approximate surface area is 142 Å². The van der Waals surface area contributed by atoms with Gasteiger partial charge in [0.25, 0.3) is 0 Å². The molecule has 0 amide bonds. The number of hydrogen-bond acceptors (Lipinski definition) is 5. The van der Waals surface area contributed by atoms with Gasteiger partial charge in [0.15, 0.2) is 5.96 Å². The molecule has 7 nitrogen and oxygen atoms in total. The second-order valence-corrected chi connectivity index (χ2v) is 5.26. The van der Waals surface area contributed by atoms with Gasteiger partial charge in [-0.2, -0.15) is 0 Å². The summed E-state index contributed by atoms with van der Waals surface area (Å²) in [6.07, 6.45) is 3.38. The summed E-state index contributed by atoms with van der Waals surface area (Å²) in [5.74, 6) is -0.344. The van der Waals surface area contributed by atoms with Crippen LogP contribution in [0.15, 0.2) is 29.3 Å². The number of aliphatic imine (C=N–C) groups is 1. The first-order valence-corrected chi connectivity index (χ1v) is 8.06. The van der Waals surface area contributed by atoms with Gasteiger partial charge in [-0.1, -0.05) is 19.4 Å². The fourth-order valence-electron chi connectivity index (χ4n) is 1.91. The molecular formula is C17H25N3O4. The number of benzene rings is 1. The topological polar surface area (TPSA) is 117 Å². The van der Waals surface area contributed by atoms with E-state index in [4.69, 9.17) is 20.9 Å². The van der Waals surface area contributed by atoms with Crippen molar-refractivity contribution in [1.29, 1.82) is 0 Å². The van der Waals surface area contributed by atoms with Gasteiger partial charge in [-0.3, -0.25) is 9.79 Å². The monoisotopic (exact) mass is 335 g/mol. The zero-order chi connectivity index (χ0) is 17.8. The van der Waals surface area contributed by atoms with Crippen molar-refractivity contribution in [2.75, 3.05) is 13.2 Å². The molecule has 0 fully saturated rings. The molecule has 0 unspecified atom stereocenters. The maximum absolute atomic E-state index is 11.8. The smallest absolute Gasteiger partial charge is 0.338 e. The van der Waals surface area contributed by atoms with Gasteiger partial charge in [-0.05, 0) is 37.5 Å². The van der Waals surface area contributed by atoms with Crippen molar-refractivity contribution in [2.24, 2.45) is 16.5 Å². The lowest BCUT2D eigenvalue weighted by molar-refractivity contribution is -0.134. The molecule has 0 heterocycles. The summed E-state index contributed by atoms with van der Waals surface area (Å²) in [7, 11) is 0. The Kier molecular flexibility index (Phi) is 8.96. The highest BCUT2D eigenvalue weighted by Gasteiger charge is 2.10. The standard InChI is InChI=1S/C17H25N3O4/c1-2-11-23-16(22)13-7-6-8-14(12-13)24-15(21)9-4-3-5-10-20-17(18)19/h6-8,12H,2-5,9-11H2,1H3,(H4,18,19,20). The van der Waals surface area contributed by atoms with Crippen LogP contribution in [0.5, 0.6) is 5.75 Å².